The Labute approximate surface area is 64.1 Å². The van der Waals surface area contributed by atoms with Gasteiger partial charge < -0.3 is 4.74 Å². The maximum absolute atomic E-state index is 8.44. The van der Waals surface area contributed by atoms with Gasteiger partial charge >= 0.3 is 0 Å². The van der Waals surface area contributed by atoms with Crippen LogP contribution in [0.4, 0.5) is 0 Å². The van der Waals surface area contributed by atoms with Crippen LogP contribution >= 0.6 is 0 Å². The molecule has 0 aromatic rings. The molecule has 0 amide bonds. The quantitative estimate of drug-likeness (QED) is 0.482. The van der Waals surface area contributed by atoms with Crippen LogP contribution in [0, 0.1) is 22.7 Å². The molecule has 1 rings (SSSR count). The van der Waals surface area contributed by atoms with Crippen LogP contribution in [0.3, 0.4) is 0 Å². The molecular weight excluding hydrogens is 140 g/mol. The second-order valence-electron chi connectivity index (χ2n) is 1.80. The zero-order chi connectivity index (χ0) is 8.10. The zero-order valence-corrected chi connectivity index (χ0v) is 5.61. The first-order chi connectivity index (χ1) is 5.38. The van der Waals surface area contributed by atoms with Gasteiger partial charge in [0.2, 0.25) is 0 Å². The number of hydrogen-bond acceptors (Lipinski definition) is 3. The van der Waals surface area contributed by atoms with Gasteiger partial charge in [-0.2, -0.15) is 10.5 Å². The van der Waals surface area contributed by atoms with Crippen LogP contribution in [0.1, 0.15) is 0 Å². The Kier molecular flexibility index (Phi) is 2.09. The van der Waals surface area contributed by atoms with E-state index in [1.54, 1.807) is 24.3 Å². The van der Waals surface area contributed by atoms with Gasteiger partial charge in [0, 0.05) is 5.57 Å². The summed E-state index contributed by atoms with van der Waals surface area (Å²) in [5.41, 5.74) is 0.682. The monoisotopic (exact) mass is 144 g/mol. The van der Waals surface area contributed by atoms with Crippen molar-refractivity contribution < 1.29 is 4.74 Å². The van der Waals surface area contributed by atoms with Crippen molar-refractivity contribution in [3.8, 4) is 12.1 Å². The van der Waals surface area contributed by atoms with E-state index in [9.17, 15) is 0 Å². The van der Waals surface area contributed by atoms with E-state index in [-0.39, 0.29) is 5.57 Å². The van der Waals surface area contributed by atoms with Gasteiger partial charge in [-0.3, -0.25) is 0 Å². The second-order valence-corrected chi connectivity index (χ2v) is 1.80. The third kappa shape index (κ3) is 1.47. The molecule has 0 bridgehead atoms. The number of nitrogens with zero attached hydrogens (tertiary/aromatic N) is 2. The van der Waals surface area contributed by atoms with Gasteiger partial charge in [-0.05, 0) is 12.2 Å². The number of rotatable bonds is 0. The van der Waals surface area contributed by atoms with Crippen molar-refractivity contribution in [3.63, 3.8) is 0 Å². The first kappa shape index (κ1) is 7.11. The minimum absolute atomic E-state index is 0.0980. The summed E-state index contributed by atoms with van der Waals surface area (Å²) in [7, 11) is 0. The standard InChI is InChI=1S/C8H4N2O/c9-5-8(6-10)7-1-3-11-4-2-7/h1-4H. The molecule has 0 atom stereocenters. The summed E-state index contributed by atoms with van der Waals surface area (Å²) in [6.07, 6.45) is 5.98. The summed E-state index contributed by atoms with van der Waals surface area (Å²) >= 11 is 0. The Bertz CT molecular complexity index is 293. The van der Waals surface area contributed by atoms with Gasteiger partial charge in [-0.15, -0.1) is 0 Å². The van der Waals surface area contributed by atoms with E-state index >= 15 is 0 Å². The average Bonchev–Trinajstić information content (AvgIpc) is 2.09. The number of nitriles is 2. The third-order valence-electron chi connectivity index (χ3n) is 1.16. The van der Waals surface area contributed by atoms with Crippen LogP contribution in [0.5, 0.6) is 0 Å². The molecule has 0 N–H and O–H groups in total. The molecule has 0 spiro atoms. The molecule has 52 valence electrons. The molecule has 0 fully saturated rings. The van der Waals surface area contributed by atoms with Crippen molar-refractivity contribution >= 4 is 0 Å². The van der Waals surface area contributed by atoms with Gasteiger partial charge in [-0.25, -0.2) is 0 Å². The van der Waals surface area contributed by atoms with Crippen molar-refractivity contribution in [1.29, 1.82) is 10.5 Å². The Morgan fingerprint density at radius 3 is 2.18 bits per heavy atom. The summed E-state index contributed by atoms with van der Waals surface area (Å²) in [6, 6.07) is 3.56. The van der Waals surface area contributed by atoms with E-state index in [4.69, 9.17) is 15.3 Å². The lowest BCUT2D eigenvalue weighted by Gasteiger charge is -1.98. The minimum Gasteiger partial charge on any atom is -0.473 e. The lowest BCUT2D eigenvalue weighted by Crippen LogP contribution is -1.85. The predicted molar refractivity (Wildman–Crippen MR) is 37.6 cm³/mol. The largest absolute Gasteiger partial charge is 0.473 e. The number of ether oxygens (including phenoxy) is 1. The predicted octanol–water partition coefficient (Wildman–Crippen LogP) is 1.39. The number of hydrogen-bond donors (Lipinski definition) is 0. The fraction of sp³-hybridized carbons (Fsp3) is 0. The molecule has 1 aliphatic rings. The van der Waals surface area contributed by atoms with E-state index in [0.29, 0.717) is 5.57 Å². The van der Waals surface area contributed by atoms with E-state index in [2.05, 4.69) is 0 Å². The highest BCUT2D eigenvalue weighted by Gasteiger charge is 2.00. The third-order valence-corrected chi connectivity index (χ3v) is 1.16. The Morgan fingerprint density at radius 1 is 1.18 bits per heavy atom. The Balaban J connectivity index is 3.06. The van der Waals surface area contributed by atoms with Gasteiger partial charge in [0.05, 0.1) is 12.5 Å². The van der Waals surface area contributed by atoms with Crippen molar-refractivity contribution in [2.24, 2.45) is 0 Å². The van der Waals surface area contributed by atoms with E-state index < -0.39 is 0 Å². The van der Waals surface area contributed by atoms with Crippen molar-refractivity contribution in [3.05, 3.63) is 35.8 Å². The molecule has 0 unspecified atom stereocenters. The molecule has 0 aromatic heterocycles. The van der Waals surface area contributed by atoms with Gasteiger partial charge in [0.1, 0.15) is 17.7 Å². The smallest absolute Gasteiger partial charge is 0.137 e. The topological polar surface area (TPSA) is 56.8 Å². The van der Waals surface area contributed by atoms with Gasteiger partial charge in [-0.1, -0.05) is 0 Å². The summed E-state index contributed by atoms with van der Waals surface area (Å²) < 4.78 is 4.72. The second kappa shape index (κ2) is 3.24. The normalized spacial score (nSPS) is 13.1. The summed E-state index contributed by atoms with van der Waals surface area (Å²) in [6.45, 7) is 0. The molecule has 3 heteroatoms. The molecule has 1 aliphatic heterocycles. The molecule has 0 aliphatic carbocycles. The molecule has 0 aromatic carbocycles. The first-order valence-electron chi connectivity index (χ1n) is 2.91. The van der Waals surface area contributed by atoms with Crippen molar-refractivity contribution in [2.75, 3.05) is 0 Å². The van der Waals surface area contributed by atoms with E-state index in [1.807, 2.05) is 0 Å². The minimum atomic E-state index is 0.0980. The van der Waals surface area contributed by atoms with Crippen LogP contribution in [-0.4, -0.2) is 0 Å². The highest BCUT2D eigenvalue weighted by molar-refractivity contribution is 5.49. The maximum Gasteiger partial charge on any atom is 0.137 e. The summed E-state index contributed by atoms with van der Waals surface area (Å²) in [5, 5.41) is 16.9. The molecule has 0 saturated carbocycles. The maximum atomic E-state index is 8.44. The van der Waals surface area contributed by atoms with Gasteiger partial charge in [0.25, 0.3) is 0 Å². The highest BCUT2D eigenvalue weighted by atomic mass is 16.5. The Morgan fingerprint density at radius 2 is 1.73 bits per heavy atom. The summed E-state index contributed by atoms with van der Waals surface area (Å²) in [4.78, 5) is 0. The van der Waals surface area contributed by atoms with Crippen LogP contribution in [0.15, 0.2) is 35.8 Å². The van der Waals surface area contributed by atoms with Crippen molar-refractivity contribution in [1.82, 2.24) is 0 Å². The molecule has 11 heavy (non-hydrogen) atoms. The lowest BCUT2D eigenvalue weighted by molar-refractivity contribution is 0.398. The van der Waals surface area contributed by atoms with Crippen LogP contribution in [0.25, 0.3) is 0 Å². The molecular formula is C8H4N2O. The van der Waals surface area contributed by atoms with E-state index in [1.165, 1.54) is 12.5 Å². The number of allylic oxidation sites excluding steroid dienone is 4. The van der Waals surface area contributed by atoms with Crippen LogP contribution in [0.2, 0.25) is 0 Å². The van der Waals surface area contributed by atoms with Crippen molar-refractivity contribution in [2.45, 2.75) is 0 Å². The van der Waals surface area contributed by atoms with Crippen LogP contribution in [-0.2, 0) is 4.74 Å². The molecule has 3 nitrogen and oxygen atoms in total. The lowest BCUT2D eigenvalue weighted by atomic mass is 10.1. The summed E-state index contributed by atoms with van der Waals surface area (Å²) in [5.74, 6) is 0. The molecule has 1 heterocycles. The van der Waals surface area contributed by atoms with Crippen LogP contribution < -0.4 is 0 Å². The van der Waals surface area contributed by atoms with Gasteiger partial charge in [0.15, 0.2) is 0 Å². The first-order valence-corrected chi connectivity index (χ1v) is 2.91. The fourth-order valence-electron chi connectivity index (χ4n) is 0.647. The Hall–Kier alpha value is -2.00. The molecule has 0 saturated heterocycles. The zero-order valence-electron chi connectivity index (χ0n) is 5.61. The average molecular weight is 144 g/mol. The highest BCUT2D eigenvalue weighted by Crippen LogP contribution is 2.10. The van der Waals surface area contributed by atoms with E-state index in [0.717, 1.165) is 0 Å². The fourth-order valence-corrected chi connectivity index (χ4v) is 0.647. The SMILES string of the molecule is N#CC(C#N)=C1C=COC=C1. The molecule has 0 radical (unpaired) electrons.